The van der Waals surface area contributed by atoms with Crippen LogP contribution in [0.15, 0.2) is 48.5 Å². The summed E-state index contributed by atoms with van der Waals surface area (Å²) >= 11 is 4.68. The maximum atomic E-state index is 12.5. The Labute approximate surface area is 321 Å². The van der Waals surface area contributed by atoms with E-state index in [1.807, 2.05) is 0 Å². The van der Waals surface area contributed by atoms with Crippen molar-refractivity contribution in [2.75, 3.05) is 24.6 Å². The maximum Gasteiger partial charge on any atom is 0.139 e. The summed E-state index contributed by atoms with van der Waals surface area (Å²) in [7, 11) is 9.24. The van der Waals surface area contributed by atoms with Gasteiger partial charge in [-0.3, -0.25) is 14.6 Å². The Hall–Kier alpha value is 1.46. The van der Waals surface area contributed by atoms with Crippen molar-refractivity contribution in [1.82, 2.24) is 9.80 Å². The van der Waals surface area contributed by atoms with Gasteiger partial charge >= 0.3 is 0 Å². The third kappa shape index (κ3) is 8.40. The SMILES string of the molecule is O=C1CC2c3ccccc3CCN2C2CCCCC12.PPP(P)P.[V].c1ccc2c(c1)CCN1C2CC2(SCCCS2)C2CCCCC21. The molecule has 5 fully saturated rings. The average Bonchev–Trinajstić information content (AvgIpc) is 3.13. The second-order valence-electron chi connectivity index (χ2n) is 14.6. The Kier molecular flexibility index (Phi) is 14.8. The monoisotopic (exact) mass is 813 g/mol. The van der Waals surface area contributed by atoms with Gasteiger partial charge in [0.15, 0.2) is 0 Å². The van der Waals surface area contributed by atoms with Crippen LogP contribution in [0.5, 0.6) is 0 Å². The predicted octanol–water partition coefficient (Wildman–Crippen LogP) is 10.7. The standard InChI is InChI=1S/C20H27NS2.C17H21NO.H7P5.V/c1-2-7-16-15(6-1)10-11-21-18-9-4-3-8-17(18)20(14-19(16)21)22-12-5-13-23-20;19-17-11-16-13-6-2-1-5-12(13)9-10-18(16)15-8-4-3-7-14(15)17;1-4-5(2)3;/h1-2,6-7,17-19H,3-5,8-14H2;1-2,5-6,14-16H,3-4,7-11H2;4H,1-3H2;. The van der Waals surface area contributed by atoms with Gasteiger partial charge in [-0.2, -0.15) is 0 Å². The van der Waals surface area contributed by atoms with Crippen LogP contribution in [0.2, 0.25) is 0 Å². The molecule has 11 heteroatoms. The molecule has 0 aromatic heterocycles. The van der Waals surface area contributed by atoms with E-state index in [-0.39, 0.29) is 25.5 Å². The van der Waals surface area contributed by atoms with E-state index >= 15 is 0 Å². The van der Waals surface area contributed by atoms with Gasteiger partial charge < -0.3 is 0 Å². The zero-order valence-electron chi connectivity index (χ0n) is 28.3. The number of piperidine rings is 2. The van der Waals surface area contributed by atoms with Crippen LogP contribution in [0.25, 0.3) is 0 Å². The van der Waals surface area contributed by atoms with Gasteiger partial charge in [-0.15, -0.1) is 50.3 Å². The van der Waals surface area contributed by atoms with E-state index < -0.39 is 0 Å². The van der Waals surface area contributed by atoms with Crippen molar-refractivity contribution < 1.29 is 23.4 Å². The number of nitrogens with zero attached hydrogens (tertiary/aromatic N) is 2. The van der Waals surface area contributed by atoms with Gasteiger partial charge in [0.2, 0.25) is 0 Å². The number of carbonyl (C=O) groups excluding carboxylic acids is 1. The van der Waals surface area contributed by atoms with Crippen LogP contribution >= 0.6 is 65.3 Å². The topological polar surface area (TPSA) is 23.6 Å². The largest absolute Gasteiger partial charge is 0.299 e. The number of ketones is 1. The Morgan fingerprint density at radius 3 is 1.94 bits per heavy atom. The number of hydrogen-bond acceptors (Lipinski definition) is 5. The van der Waals surface area contributed by atoms with Crippen molar-refractivity contribution in [2.45, 2.75) is 112 Å². The van der Waals surface area contributed by atoms with E-state index in [0.29, 0.717) is 33.9 Å². The summed E-state index contributed by atoms with van der Waals surface area (Å²) in [4.78, 5) is 18.1. The minimum atomic E-state index is 0. The molecule has 2 aromatic carbocycles. The van der Waals surface area contributed by atoms with Gasteiger partial charge in [0.25, 0.3) is 0 Å². The molecule has 5 aliphatic heterocycles. The smallest absolute Gasteiger partial charge is 0.139 e. The second kappa shape index (κ2) is 18.2. The molecule has 7 aliphatic rings. The molecular weight excluding hydrogens is 758 g/mol. The van der Waals surface area contributed by atoms with Crippen molar-refractivity contribution in [3.05, 3.63) is 70.8 Å². The van der Waals surface area contributed by atoms with Crippen LogP contribution in [-0.2, 0) is 36.2 Å². The fourth-order valence-corrected chi connectivity index (χ4v) is 14.0. The first-order valence-electron chi connectivity index (χ1n) is 18.2. The van der Waals surface area contributed by atoms with E-state index in [9.17, 15) is 4.79 Å². The number of thioether (sulfide) groups is 2. The number of benzene rings is 2. The van der Waals surface area contributed by atoms with Gasteiger partial charge in [-0.25, -0.2) is 0 Å². The molecule has 2 aliphatic carbocycles. The van der Waals surface area contributed by atoms with Crippen molar-refractivity contribution in [2.24, 2.45) is 11.8 Å². The third-order valence-electron chi connectivity index (χ3n) is 12.2. The summed E-state index contributed by atoms with van der Waals surface area (Å²) in [6, 6.07) is 20.5. The van der Waals surface area contributed by atoms with E-state index in [1.54, 1.807) is 11.1 Å². The van der Waals surface area contributed by atoms with Crippen LogP contribution in [0.3, 0.4) is 0 Å². The molecule has 1 spiro atoms. The summed E-state index contributed by atoms with van der Waals surface area (Å²) in [5.74, 6) is 4.60. The minimum absolute atomic E-state index is 0. The van der Waals surface area contributed by atoms with Crippen LogP contribution in [0.4, 0.5) is 0 Å². The number of carbonyl (C=O) groups is 1. The summed E-state index contributed by atoms with van der Waals surface area (Å²) in [5, 5.41) is 0. The summed E-state index contributed by atoms with van der Waals surface area (Å²) < 4.78 is 0.523. The zero-order chi connectivity index (χ0) is 32.4. The summed E-state index contributed by atoms with van der Waals surface area (Å²) in [5.41, 5.74) is 6.18. The van der Waals surface area contributed by atoms with Crippen LogP contribution < -0.4 is 0 Å². The van der Waals surface area contributed by atoms with E-state index in [4.69, 9.17) is 0 Å². The van der Waals surface area contributed by atoms with Crippen molar-refractivity contribution in [3.8, 4) is 0 Å². The first kappa shape index (κ1) is 39.2. The molecule has 10 unspecified atom stereocenters. The van der Waals surface area contributed by atoms with E-state index in [2.05, 4.69) is 109 Å². The average molecular weight is 814 g/mol. The second-order valence-corrected chi connectivity index (χ2v) is 31.6. The first-order chi connectivity index (χ1) is 23.0. The van der Waals surface area contributed by atoms with Crippen molar-refractivity contribution >= 4 is 71.0 Å². The minimum Gasteiger partial charge on any atom is -0.299 e. The molecule has 9 rings (SSSR count). The van der Waals surface area contributed by atoms with E-state index in [1.165, 1.54) is 93.4 Å². The molecule has 2 aromatic rings. The number of hydrogen-bond donors (Lipinski definition) is 0. The molecule has 1 radical (unpaired) electrons. The maximum absolute atomic E-state index is 12.5. The van der Waals surface area contributed by atoms with Gasteiger partial charge in [-0.05, 0) is 98.0 Å². The molecule has 0 bridgehead atoms. The number of Topliss-reactive ketones (excluding diaryl/α,β-unsaturated/α-hetero) is 1. The molecule has 0 N–H and O–H groups in total. The van der Waals surface area contributed by atoms with Crippen molar-refractivity contribution in [1.29, 1.82) is 0 Å². The normalized spacial score (nSPS) is 32.1. The molecule has 2 saturated carbocycles. The van der Waals surface area contributed by atoms with E-state index in [0.717, 1.165) is 45.7 Å². The molecule has 3 saturated heterocycles. The quantitative estimate of drug-likeness (QED) is 0.267. The Morgan fingerprint density at radius 2 is 1.29 bits per heavy atom. The number of rotatable bonds is 1. The molecular formula is C37H55N2OP5S2V. The van der Waals surface area contributed by atoms with Crippen LogP contribution in [-0.4, -0.2) is 56.3 Å². The molecule has 0 amide bonds. The van der Waals surface area contributed by atoms with Gasteiger partial charge in [0.05, 0.1) is 4.08 Å². The summed E-state index contributed by atoms with van der Waals surface area (Å²) in [6.07, 6.45) is 16.8. The zero-order valence-corrected chi connectivity index (χ0v) is 36.7. The predicted molar refractivity (Wildman–Crippen MR) is 222 cm³/mol. The van der Waals surface area contributed by atoms with Crippen molar-refractivity contribution in [3.63, 3.8) is 0 Å². The Morgan fingerprint density at radius 1 is 0.750 bits per heavy atom. The molecule has 10 atom stereocenters. The molecule has 3 nitrogen and oxygen atoms in total. The summed E-state index contributed by atoms with van der Waals surface area (Å²) in [6.45, 7) is 2.67. The molecule has 5 heterocycles. The van der Waals surface area contributed by atoms with Gasteiger partial charge in [0.1, 0.15) is 5.78 Å². The van der Waals surface area contributed by atoms with Crippen LogP contribution in [0.1, 0.15) is 105 Å². The molecule has 261 valence electrons. The third-order valence-corrected chi connectivity index (χ3v) is 27.7. The molecule has 48 heavy (non-hydrogen) atoms. The Balaban J connectivity index is 0.000000146. The number of fused-ring (bicyclic) bond motifs is 11. The first-order valence-corrected chi connectivity index (χ1v) is 28.4. The van der Waals surface area contributed by atoms with Gasteiger partial charge in [0, 0.05) is 68.2 Å². The Bertz CT molecular complexity index is 1380. The fourth-order valence-electron chi connectivity index (χ4n) is 10.2. The van der Waals surface area contributed by atoms with Gasteiger partial charge in [-0.1, -0.05) is 82.2 Å². The fraction of sp³-hybridized carbons (Fsp3) is 0.649. The van der Waals surface area contributed by atoms with Crippen LogP contribution in [0, 0.1) is 11.8 Å².